The Bertz CT molecular complexity index is 1430. The number of carbonyl (C=O) groups is 3. The van der Waals surface area contributed by atoms with E-state index in [4.69, 9.17) is 32.7 Å². The molecule has 3 aromatic carbocycles. The van der Waals surface area contributed by atoms with Crippen molar-refractivity contribution in [2.24, 2.45) is 0 Å². The van der Waals surface area contributed by atoms with Gasteiger partial charge in [-0.3, -0.25) is 14.9 Å². The number of halogens is 2. The van der Waals surface area contributed by atoms with Crippen molar-refractivity contribution in [1.82, 2.24) is 5.32 Å². The zero-order valence-corrected chi connectivity index (χ0v) is 21.9. The van der Waals surface area contributed by atoms with Gasteiger partial charge in [0.25, 0.3) is 11.8 Å². The van der Waals surface area contributed by atoms with Gasteiger partial charge < -0.3 is 9.47 Å². The minimum atomic E-state index is -0.863. The van der Waals surface area contributed by atoms with E-state index in [-0.39, 0.29) is 22.9 Å². The summed E-state index contributed by atoms with van der Waals surface area (Å²) in [4.78, 5) is 39.0. The highest BCUT2D eigenvalue weighted by Crippen LogP contribution is 2.38. The number of amides is 4. The lowest BCUT2D eigenvalue weighted by Crippen LogP contribution is -2.54. The predicted molar refractivity (Wildman–Crippen MR) is 143 cm³/mol. The molecule has 0 radical (unpaired) electrons. The minimum Gasteiger partial charge on any atom is -0.490 e. The fourth-order valence-electron chi connectivity index (χ4n) is 3.80. The van der Waals surface area contributed by atoms with Crippen LogP contribution in [0.25, 0.3) is 6.08 Å². The van der Waals surface area contributed by atoms with Crippen LogP contribution in [-0.2, 0) is 16.2 Å². The molecule has 3 aromatic rings. The van der Waals surface area contributed by atoms with Gasteiger partial charge in [-0.25, -0.2) is 9.69 Å². The van der Waals surface area contributed by atoms with Gasteiger partial charge in [-0.15, -0.1) is 0 Å². The molecule has 0 aliphatic carbocycles. The normalized spacial score (nSPS) is 14.7. The van der Waals surface area contributed by atoms with E-state index in [9.17, 15) is 14.4 Å². The summed E-state index contributed by atoms with van der Waals surface area (Å²) in [5.41, 5.74) is 3.72. The molecule has 190 valence electrons. The molecule has 1 aliphatic rings. The Kier molecular flexibility index (Phi) is 7.86. The number of imide groups is 2. The fraction of sp³-hybridized carbons (Fsp3) is 0.179. The van der Waals surface area contributed by atoms with Crippen LogP contribution in [0.15, 0.2) is 60.2 Å². The van der Waals surface area contributed by atoms with Crippen LogP contribution < -0.4 is 19.7 Å². The molecule has 1 heterocycles. The Morgan fingerprint density at radius 1 is 0.946 bits per heavy atom. The van der Waals surface area contributed by atoms with Gasteiger partial charge in [0.15, 0.2) is 11.5 Å². The third kappa shape index (κ3) is 5.79. The second kappa shape index (κ2) is 11.1. The van der Waals surface area contributed by atoms with Crippen molar-refractivity contribution in [2.75, 3.05) is 11.5 Å². The zero-order valence-electron chi connectivity index (χ0n) is 20.4. The minimum absolute atomic E-state index is 0.233. The molecule has 1 aliphatic heterocycles. The van der Waals surface area contributed by atoms with E-state index in [1.54, 1.807) is 30.3 Å². The summed E-state index contributed by atoms with van der Waals surface area (Å²) in [5.74, 6) is -0.909. The Morgan fingerprint density at radius 2 is 1.73 bits per heavy atom. The van der Waals surface area contributed by atoms with E-state index in [0.29, 0.717) is 28.7 Å². The van der Waals surface area contributed by atoms with E-state index >= 15 is 0 Å². The van der Waals surface area contributed by atoms with Crippen LogP contribution in [0.5, 0.6) is 11.5 Å². The van der Waals surface area contributed by atoms with Gasteiger partial charge in [0, 0.05) is 5.02 Å². The van der Waals surface area contributed by atoms with Crippen LogP contribution in [0.4, 0.5) is 10.5 Å². The Labute approximate surface area is 224 Å². The van der Waals surface area contributed by atoms with E-state index < -0.39 is 17.8 Å². The molecule has 0 bridgehead atoms. The molecule has 4 rings (SSSR count). The highest BCUT2D eigenvalue weighted by Gasteiger charge is 2.37. The molecule has 9 heteroatoms. The molecule has 0 saturated carbocycles. The van der Waals surface area contributed by atoms with Crippen molar-refractivity contribution in [3.8, 4) is 11.5 Å². The van der Waals surface area contributed by atoms with Crippen LogP contribution in [0.1, 0.15) is 29.2 Å². The number of carbonyl (C=O) groups excluding carboxylic acids is 3. The predicted octanol–water partition coefficient (Wildman–Crippen LogP) is 6.25. The number of benzene rings is 3. The first-order valence-corrected chi connectivity index (χ1v) is 12.3. The summed E-state index contributed by atoms with van der Waals surface area (Å²) in [6, 6.07) is 14.6. The largest absolute Gasteiger partial charge is 0.490 e. The number of hydrogen-bond donors (Lipinski definition) is 1. The van der Waals surface area contributed by atoms with Crippen molar-refractivity contribution in [1.29, 1.82) is 0 Å². The summed E-state index contributed by atoms with van der Waals surface area (Å²) < 4.78 is 11.7. The molecular formula is C28H24Cl2N2O5. The van der Waals surface area contributed by atoms with Crippen molar-refractivity contribution < 1.29 is 23.9 Å². The third-order valence-corrected chi connectivity index (χ3v) is 6.28. The van der Waals surface area contributed by atoms with Crippen LogP contribution in [0, 0.1) is 13.8 Å². The summed E-state index contributed by atoms with van der Waals surface area (Å²) in [5, 5.41) is 2.77. The molecule has 0 aromatic heterocycles. The Morgan fingerprint density at radius 3 is 2.43 bits per heavy atom. The third-order valence-electron chi connectivity index (χ3n) is 5.77. The van der Waals surface area contributed by atoms with Gasteiger partial charge in [-0.2, -0.15) is 0 Å². The standard InChI is InChI=1S/C28H24Cl2N2O5/c1-4-36-24-13-19(12-23(30)25(24)37-15-18-9-8-16(2)17(3)10-18)11-22-26(33)31-28(35)32(27(22)34)21-7-5-6-20(29)14-21/h5-14H,4,15H2,1-3H3,(H,31,33,35)/b22-11+. The fourth-order valence-corrected chi connectivity index (χ4v) is 4.26. The first-order valence-electron chi connectivity index (χ1n) is 11.5. The molecule has 4 amide bonds. The highest BCUT2D eigenvalue weighted by molar-refractivity contribution is 6.39. The van der Waals surface area contributed by atoms with Gasteiger partial charge >= 0.3 is 6.03 Å². The number of nitrogens with one attached hydrogen (secondary N) is 1. The maximum atomic E-state index is 13.2. The first-order chi connectivity index (χ1) is 17.7. The second-order valence-electron chi connectivity index (χ2n) is 8.41. The van der Waals surface area contributed by atoms with Crippen molar-refractivity contribution in [3.05, 3.63) is 92.5 Å². The molecule has 1 fully saturated rings. The smallest absolute Gasteiger partial charge is 0.335 e. The maximum Gasteiger partial charge on any atom is 0.335 e. The van der Waals surface area contributed by atoms with E-state index in [1.807, 2.05) is 39.0 Å². The van der Waals surface area contributed by atoms with Gasteiger partial charge in [0.05, 0.1) is 17.3 Å². The summed E-state index contributed by atoms with van der Waals surface area (Å²) in [6.07, 6.45) is 1.35. The SMILES string of the molecule is CCOc1cc(/C=C2\C(=O)NC(=O)N(c3cccc(Cl)c3)C2=O)cc(Cl)c1OCc1ccc(C)c(C)c1. The maximum absolute atomic E-state index is 13.2. The Balaban J connectivity index is 1.66. The number of urea groups is 1. The number of rotatable bonds is 7. The lowest BCUT2D eigenvalue weighted by molar-refractivity contribution is -0.122. The summed E-state index contributed by atoms with van der Waals surface area (Å²) in [7, 11) is 0. The molecule has 1 N–H and O–H groups in total. The number of ether oxygens (including phenoxy) is 2. The first kappa shape index (κ1) is 26.3. The van der Waals surface area contributed by atoms with Gasteiger partial charge in [0.1, 0.15) is 12.2 Å². The number of nitrogens with zero attached hydrogens (tertiary/aromatic N) is 1. The molecule has 0 unspecified atom stereocenters. The molecule has 37 heavy (non-hydrogen) atoms. The average Bonchev–Trinajstić information content (AvgIpc) is 2.83. The van der Waals surface area contributed by atoms with Crippen LogP contribution in [0.3, 0.4) is 0 Å². The lowest BCUT2D eigenvalue weighted by Gasteiger charge is -2.26. The number of hydrogen-bond acceptors (Lipinski definition) is 5. The van der Waals surface area contributed by atoms with Gasteiger partial charge in [-0.05, 0) is 79.4 Å². The van der Waals surface area contributed by atoms with E-state index in [1.165, 1.54) is 17.7 Å². The van der Waals surface area contributed by atoms with Crippen LogP contribution in [-0.4, -0.2) is 24.5 Å². The van der Waals surface area contributed by atoms with Crippen LogP contribution in [0.2, 0.25) is 10.0 Å². The highest BCUT2D eigenvalue weighted by atomic mass is 35.5. The summed E-state index contributed by atoms with van der Waals surface area (Å²) >= 11 is 12.6. The van der Waals surface area contributed by atoms with Gasteiger partial charge in [-0.1, -0.05) is 47.5 Å². The molecule has 7 nitrogen and oxygen atoms in total. The summed E-state index contributed by atoms with van der Waals surface area (Å²) in [6.45, 7) is 6.51. The van der Waals surface area contributed by atoms with Gasteiger partial charge in [0.2, 0.25) is 0 Å². The molecule has 1 saturated heterocycles. The number of anilines is 1. The van der Waals surface area contributed by atoms with Crippen LogP contribution >= 0.6 is 23.2 Å². The second-order valence-corrected chi connectivity index (χ2v) is 9.25. The molecular weight excluding hydrogens is 515 g/mol. The molecule has 0 spiro atoms. The monoisotopic (exact) mass is 538 g/mol. The quantitative estimate of drug-likeness (QED) is 0.283. The average molecular weight is 539 g/mol. The van der Waals surface area contributed by atoms with Crippen molar-refractivity contribution >= 4 is 52.8 Å². The van der Waals surface area contributed by atoms with E-state index in [0.717, 1.165) is 16.0 Å². The lowest BCUT2D eigenvalue weighted by atomic mass is 10.1. The van der Waals surface area contributed by atoms with Crippen molar-refractivity contribution in [2.45, 2.75) is 27.4 Å². The zero-order chi connectivity index (χ0) is 26.7. The van der Waals surface area contributed by atoms with E-state index in [2.05, 4.69) is 5.32 Å². The number of barbiturate groups is 1. The molecule has 0 atom stereocenters. The van der Waals surface area contributed by atoms with Crippen molar-refractivity contribution in [3.63, 3.8) is 0 Å². The number of aryl methyl sites for hydroxylation is 2. The topological polar surface area (TPSA) is 84.9 Å². The Hall–Kier alpha value is -3.81.